The molecule has 1 heterocycles. The van der Waals surface area contributed by atoms with Gasteiger partial charge in [-0.05, 0) is 43.2 Å². The van der Waals surface area contributed by atoms with E-state index in [1.165, 1.54) is 0 Å². The van der Waals surface area contributed by atoms with E-state index in [0.717, 1.165) is 30.4 Å². The molecule has 0 bridgehead atoms. The van der Waals surface area contributed by atoms with Crippen molar-refractivity contribution >= 4 is 5.97 Å². The number of carbonyl (C=O) groups is 1. The zero-order valence-electron chi connectivity index (χ0n) is 10.2. The Morgan fingerprint density at radius 1 is 1.59 bits per heavy atom. The number of rotatable bonds is 2. The van der Waals surface area contributed by atoms with Gasteiger partial charge in [-0.15, -0.1) is 0 Å². The number of hydrogen-bond donors (Lipinski definition) is 1. The van der Waals surface area contributed by atoms with Crippen LogP contribution in [-0.4, -0.2) is 17.6 Å². The van der Waals surface area contributed by atoms with Crippen molar-refractivity contribution in [3.8, 4) is 0 Å². The number of aromatic amines is 1. The molecule has 4 nitrogen and oxygen atoms in total. The van der Waals surface area contributed by atoms with Gasteiger partial charge in [0.25, 0.3) is 5.56 Å². The van der Waals surface area contributed by atoms with Gasteiger partial charge in [-0.2, -0.15) is 0 Å². The van der Waals surface area contributed by atoms with Crippen LogP contribution in [0.5, 0.6) is 0 Å². The van der Waals surface area contributed by atoms with Crippen LogP contribution in [0.1, 0.15) is 41.8 Å². The standard InChI is InChI=1S/C13H17NO3/c1-3-17-13(16)11-10-5-4-8(2)6-9(10)7-14-12(11)15/h7-8H,3-6H2,1-2H3,(H,14,15). The van der Waals surface area contributed by atoms with Crippen molar-refractivity contribution < 1.29 is 9.53 Å². The third-order valence-electron chi connectivity index (χ3n) is 3.23. The van der Waals surface area contributed by atoms with E-state index in [-0.39, 0.29) is 11.1 Å². The summed E-state index contributed by atoms with van der Waals surface area (Å²) >= 11 is 0. The monoisotopic (exact) mass is 235 g/mol. The third kappa shape index (κ3) is 2.25. The van der Waals surface area contributed by atoms with E-state index in [9.17, 15) is 9.59 Å². The number of fused-ring (bicyclic) bond motifs is 1. The number of H-pyrrole nitrogens is 1. The first kappa shape index (κ1) is 11.9. The fourth-order valence-corrected chi connectivity index (χ4v) is 2.36. The zero-order valence-corrected chi connectivity index (χ0v) is 10.2. The molecule has 2 rings (SSSR count). The SMILES string of the molecule is CCOC(=O)c1c2c(c[nH]c1=O)CC(C)CC2. The number of ether oxygens (including phenoxy) is 1. The summed E-state index contributed by atoms with van der Waals surface area (Å²) in [5, 5.41) is 0. The highest BCUT2D eigenvalue weighted by Crippen LogP contribution is 2.26. The summed E-state index contributed by atoms with van der Waals surface area (Å²) in [7, 11) is 0. The van der Waals surface area contributed by atoms with E-state index in [0.29, 0.717) is 12.5 Å². The van der Waals surface area contributed by atoms with E-state index >= 15 is 0 Å². The van der Waals surface area contributed by atoms with Crippen molar-refractivity contribution in [2.75, 3.05) is 6.61 Å². The lowest BCUT2D eigenvalue weighted by molar-refractivity contribution is 0.0522. The summed E-state index contributed by atoms with van der Waals surface area (Å²) in [6.07, 6.45) is 4.45. The molecule has 1 aromatic rings. The highest BCUT2D eigenvalue weighted by molar-refractivity contribution is 5.91. The van der Waals surface area contributed by atoms with E-state index in [1.54, 1.807) is 13.1 Å². The first-order valence-electron chi connectivity index (χ1n) is 6.04. The second kappa shape index (κ2) is 4.73. The molecule has 0 radical (unpaired) electrons. The Labute approximate surface area is 100 Å². The minimum absolute atomic E-state index is 0.205. The van der Waals surface area contributed by atoms with Gasteiger partial charge in [0.15, 0.2) is 0 Å². The highest BCUT2D eigenvalue weighted by Gasteiger charge is 2.24. The Hall–Kier alpha value is -1.58. The third-order valence-corrected chi connectivity index (χ3v) is 3.23. The molecule has 0 aliphatic heterocycles. The maximum atomic E-state index is 11.8. The first-order valence-corrected chi connectivity index (χ1v) is 6.04. The molecule has 17 heavy (non-hydrogen) atoms. The highest BCUT2D eigenvalue weighted by atomic mass is 16.5. The fraction of sp³-hybridized carbons (Fsp3) is 0.538. The number of hydrogen-bond acceptors (Lipinski definition) is 3. The predicted molar refractivity (Wildman–Crippen MR) is 64.2 cm³/mol. The molecule has 1 aromatic heterocycles. The summed E-state index contributed by atoms with van der Waals surface area (Å²) in [5.74, 6) is 0.101. The van der Waals surface area contributed by atoms with Crippen LogP contribution in [0, 0.1) is 5.92 Å². The molecule has 0 saturated carbocycles. The molecule has 1 aliphatic carbocycles. The summed E-state index contributed by atoms with van der Waals surface area (Å²) in [4.78, 5) is 26.1. The Bertz CT molecular complexity index is 490. The molecule has 4 heteroatoms. The van der Waals surface area contributed by atoms with Crippen LogP contribution in [0.15, 0.2) is 11.0 Å². The molecule has 1 atom stereocenters. The number of pyridine rings is 1. The maximum absolute atomic E-state index is 11.8. The quantitative estimate of drug-likeness (QED) is 0.793. The molecule has 0 saturated heterocycles. The lowest BCUT2D eigenvalue weighted by Crippen LogP contribution is -2.26. The van der Waals surface area contributed by atoms with Crippen LogP contribution in [0.25, 0.3) is 0 Å². The Balaban J connectivity index is 2.47. The van der Waals surface area contributed by atoms with Crippen molar-refractivity contribution in [1.29, 1.82) is 0 Å². The average molecular weight is 235 g/mol. The smallest absolute Gasteiger partial charge is 0.344 e. The minimum Gasteiger partial charge on any atom is -0.462 e. The Morgan fingerprint density at radius 3 is 3.06 bits per heavy atom. The van der Waals surface area contributed by atoms with Gasteiger partial charge in [0, 0.05) is 6.20 Å². The Morgan fingerprint density at radius 2 is 2.35 bits per heavy atom. The second-order valence-electron chi connectivity index (χ2n) is 4.57. The van der Waals surface area contributed by atoms with Crippen LogP contribution in [0.4, 0.5) is 0 Å². The van der Waals surface area contributed by atoms with Crippen LogP contribution in [0.3, 0.4) is 0 Å². The molecular weight excluding hydrogens is 218 g/mol. The molecule has 1 N–H and O–H groups in total. The predicted octanol–water partition coefficient (Wildman–Crippen LogP) is 1.68. The summed E-state index contributed by atoms with van der Waals surface area (Å²) in [6, 6.07) is 0. The van der Waals surface area contributed by atoms with Crippen LogP contribution < -0.4 is 5.56 Å². The minimum atomic E-state index is -0.500. The molecule has 0 amide bonds. The number of esters is 1. The van der Waals surface area contributed by atoms with Gasteiger partial charge in [-0.3, -0.25) is 4.79 Å². The van der Waals surface area contributed by atoms with E-state index in [1.807, 2.05) is 0 Å². The summed E-state index contributed by atoms with van der Waals surface area (Å²) in [5.41, 5.74) is 1.82. The summed E-state index contributed by atoms with van der Waals surface area (Å²) < 4.78 is 4.94. The maximum Gasteiger partial charge on any atom is 0.344 e. The van der Waals surface area contributed by atoms with Crippen molar-refractivity contribution in [1.82, 2.24) is 4.98 Å². The lowest BCUT2D eigenvalue weighted by Gasteiger charge is -2.22. The molecular formula is C13H17NO3. The second-order valence-corrected chi connectivity index (χ2v) is 4.57. The van der Waals surface area contributed by atoms with Gasteiger partial charge >= 0.3 is 5.97 Å². The normalized spacial score (nSPS) is 18.6. The fourth-order valence-electron chi connectivity index (χ4n) is 2.36. The molecule has 1 unspecified atom stereocenters. The van der Waals surface area contributed by atoms with E-state index < -0.39 is 5.97 Å². The Kier molecular flexibility index (Phi) is 3.31. The summed E-state index contributed by atoms with van der Waals surface area (Å²) in [6.45, 7) is 4.21. The van der Waals surface area contributed by atoms with E-state index in [2.05, 4.69) is 11.9 Å². The zero-order chi connectivity index (χ0) is 12.4. The largest absolute Gasteiger partial charge is 0.462 e. The van der Waals surface area contributed by atoms with Gasteiger partial charge < -0.3 is 9.72 Å². The van der Waals surface area contributed by atoms with Gasteiger partial charge in [0.2, 0.25) is 0 Å². The van der Waals surface area contributed by atoms with Crippen molar-refractivity contribution in [2.24, 2.45) is 5.92 Å². The molecule has 0 fully saturated rings. The van der Waals surface area contributed by atoms with Crippen molar-refractivity contribution in [3.05, 3.63) is 33.2 Å². The number of nitrogens with one attached hydrogen (secondary N) is 1. The number of carbonyl (C=O) groups excluding carboxylic acids is 1. The first-order chi connectivity index (χ1) is 8.13. The molecule has 1 aliphatic rings. The lowest BCUT2D eigenvalue weighted by atomic mass is 9.84. The topological polar surface area (TPSA) is 59.2 Å². The van der Waals surface area contributed by atoms with Crippen LogP contribution >= 0.6 is 0 Å². The van der Waals surface area contributed by atoms with Gasteiger partial charge in [0.05, 0.1) is 6.61 Å². The van der Waals surface area contributed by atoms with Crippen LogP contribution in [0.2, 0.25) is 0 Å². The van der Waals surface area contributed by atoms with Gasteiger partial charge in [-0.1, -0.05) is 6.92 Å². The van der Waals surface area contributed by atoms with Crippen molar-refractivity contribution in [3.63, 3.8) is 0 Å². The van der Waals surface area contributed by atoms with Crippen LogP contribution in [-0.2, 0) is 17.6 Å². The molecule has 92 valence electrons. The van der Waals surface area contributed by atoms with Gasteiger partial charge in [-0.25, -0.2) is 4.79 Å². The van der Waals surface area contributed by atoms with Gasteiger partial charge in [0.1, 0.15) is 5.56 Å². The van der Waals surface area contributed by atoms with Crippen molar-refractivity contribution in [2.45, 2.75) is 33.1 Å². The molecule has 0 spiro atoms. The van der Waals surface area contributed by atoms with E-state index in [4.69, 9.17) is 4.74 Å². The molecule has 0 aromatic carbocycles. The average Bonchev–Trinajstić information content (AvgIpc) is 2.29. The number of aromatic nitrogens is 1.